The van der Waals surface area contributed by atoms with E-state index in [2.05, 4.69) is 15.6 Å². The van der Waals surface area contributed by atoms with Crippen LogP contribution in [0.15, 0.2) is 4.99 Å². The highest BCUT2D eigenvalue weighted by Crippen LogP contribution is 2.19. The molecule has 0 bridgehead atoms. The quantitative estimate of drug-likeness (QED) is 0.343. The molecule has 0 atom stereocenters. The van der Waals surface area contributed by atoms with Crippen molar-refractivity contribution in [1.29, 1.82) is 0 Å². The van der Waals surface area contributed by atoms with Gasteiger partial charge in [-0.15, -0.1) is 0 Å². The molecule has 1 fully saturated rings. The molecule has 0 heterocycles. The zero-order valence-electron chi connectivity index (χ0n) is 12.6. The molecule has 2 N–H and O–H groups in total. The Bertz CT molecular complexity index is 300. The Labute approximate surface area is 124 Å². The van der Waals surface area contributed by atoms with Crippen LogP contribution in [0.5, 0.6) is 0 Å². The SMILES string of the molecule is CN=C(NCCOC1CCCCCC1)NCCC(F)(F)F. The summed E-state index contributed by atoms with van der Waals surface area (Å²) in [5, 5.41) is 5.60. The molecule has 21 heavy (non-hydrogen) atoms. The Morgan fingerprint density at radius 3 is 2.29 bits per heavy atom. The van der Waals surface area contributed by atoms with Gasteiger partial charge in [-0.25, -0.2) is 0 Å². The molecule has 0 aromatic rings. The summed E-state index contributed by atoms with van der Waals surface area (Å²) >= 11 is 0. The summed E-state index contributed by atoms with van der Waals surface area (Å²) in [4.78, 5) is 3.88. The summed E-state index contributed by atoms with van der Waals surface area (Å²) in [6.45, 7) is 0.916. The summed E-state index contributed by atoms with van der Waals surface area (Å²) in [5.74, 6) is 0.378. The van der Waals surface area contributed by atoms with Crippen molar-refractivity contribution >= 4 is 5.96 Å². The number of ether oxygens (including phenoxy) is 1. The van der Waals surface area contributed by atoms with Gasteiger partial charge in [-0.2, -0.15) is 13.2 Å². The zero-order valence-corrected chi connectivity index (χ0v) is 12.6. The standard InChI is InChI=1S/C14H26F3N3O/c1-18-13(19-9-8-14(15,16)17)20-10-11-21-12-6-4-2-3-5-7-12/h12H,2-11H2,1H3,(H2,18,19,20). The highest BCUT2D eigenvalue weighted by Gasteiger charge is 2.26. The van der Waals surface area contributed by atoms with Crippen molar-refractivity contribution in [3.05, 3.63) is 0 Å². The first kappa shape index (κ1) is 18.1. The maximum atomic E-state index is 12.0. The second-order valence-electron chi connectivity index (χ2n) is 5.28. The molecule has 0 saturated heterocycles. The van der Waals surface area contributed by atoms with E-state index in [9.17, 15) is 13.2 Å². The fourth-order valence-electron chi connectivity index (χ4n) is 2.35. The summed E-state index contributed by atoms with van der Waals surface area (Å²) in [5.41, 5.74) is 0. The molecular weight excluding hydrogens is 283 g/mol. The number of aliphatic imine (C=N–C) groups is 1. The first-order chi connectivity index (χ1) is 10.0. The van der Waals surface area contributed by atoms with E-state index in [4.69, 9.17) is 4.74 Å². The van der Waals surface area contributed by atoms with Crippen LogP contribution in [0, 0.1) is 0 Å². The molecule has 1 aliphatic rings. The van der Waals surface area contributed by atoms with Crippen LogP contribution in [0.25, 0.3) is 0 Å². The highest BCUT2D eigenvalue weighted by atomic mass is 19.4. The lowest BCUT2D eigenvalue weighted by molar-refractivity contribution is -0.132. The molecule has 0 spiro atoms. The smallest absolute Gasteiger partial charge is 0.376 e. The normalized spacial score (nSPS) is 18.4. The van der Waals surface area contributed by atoms with Crippen molar-refractivity contribution < 1.29 is 17.9 Å². The van der Waals surface area contributed by atoms with Crippen molar-refractivity contribution in [2.75, 3.05) is 26.7 Å². The average Bonchev–Trinajstić information content (AvgIpc) is 2.69. The Morgan fingerprint density at radius 1 is 1.10 bits per heavy atom. The third-order valence-electron chi connectivity index (χ3n) is 3.47. The van der Waals surface area contributed by atoms with Crippen LogP contribution in [-0.2, 0) is 4.74 Å². The van der Waals surface area contributed by atoms with Gasteiger partial charge in [-0.3, -0.25) is 4.99 Å². The molecule has 1 aliphatic carbocycles. The van der Waals surface area contributed by atoms with Gasteiger partial charge in [-0.1, -0.05) is 25.7 Å². The largest absolute Gasteiger partial charge is 0.390 e. The third kappa shape index (κ3) is 9.55. The van der Waals surface area contributed by atoms with Gasteiger partial charge in [0.15, 0.2) is 5.96 Å². The number of nitrogens with zero attached hydrogens (tertiary/aromatic N) is 1. The van der Waals surface area contributed by atoms with E-state index in [1.54, 1.807) is 0 Å². The maximum Gasteiger partial charge on any atom is 0.390 e. The van der Waals surface area contributed by atoms with Gasteiger partial charge in [0.25, 0.3) is 0 Å². The monoisotopic (exact) mass is 309 g/mol. The van der Waals surface area contributed by atoms with Crippen LogP contribution in [0.2, 0.25) is 0 Å². The molecule has 0 aromatic carbocycles. The maximum absolute atomic E-state index is 12.0. The van der Waals surface area contributed by atoms with Crippen LogP contribution >= 0.6 is 0 Å². The second kappa shape index (κ2) is 9.87. The number of rotatable bonds is 6. The Balaban J connectivity index is 2.09. The molecule has 0 radical (unpaired) electrons. The molecule has 1 rings (SSSR count). The van der Waals surface area contributed by atoms with Crippen LogP contribution in [0.1, 0.15) is 44.9 Å². The Kier molecular flexibility index (Phi) is 8.49. The van der Waals surface area contributed by atoms with Crippen LogP contribution in [0.3, 0.4) is 0 Å². The van der Waals surface area contributed by atoms with E-state index in [0.717, 1.165) is 12.8 Å². The van der Waals surface area contributed by atoms with Crippen molar-refractivity contribution in [2.24, 2.45) is 4.99 Å². The van der Waals surface area contributed by atoms with Gasteiger partial charge in [0, 0.05) is 20.1 Å². The molecular formula is C14H26F3N3O. The predicted molar refractivity (Wildman–Crippen MR) is 77.5 cm³/mol. The van der Waals surface area contributed by atoms with Crippen molar-refractivity contribution in [1.82, 2.24) is 10.6 Å². The van der Waals surface area contributed by atoms with Crippen LogP contribution in [0.4, 0.5) is 13.2 Å². The van der Waals surface area contributed by atoms with E-state index >= 15 is 0 Å². The minimum Gasteiger partial charge on any atom is -0.376 e. The lowest BCUT2D eigenvalue weighted by Crippen LogP contribution is -2.40. The summed E-state index contributed by atoms with van der Waals surface area (Å²) in [6, 6.07) is 0. The van der Waals surface area contributed by atoms with Gasteiger partial charge in [0.2, 0.25) is 0 Å². The predicted octanol–water partition coefficient (Wildman–Crippen LogP) is 2.84. The number of hydrogen-bond donors (Lipinski definition) is 2. The summed E-state index contributed by atoms with van der Waals surface area (Å²) in [6.07, 6.45) is 2.55. The van der Waals surface area contributed by atoms with Gasteiger partial charge in [-0.05, 0) is 12.8 Å². The van der Waals surface area contributed by atoms with E-state index in [-0.39, 0.29) is 6.54 Å². The van der Waals surface area contributed by atoms with Crippen LogP contribution < -0.4 is 10.6 Å². The lowest BCUT2D eigenvalue weighted by Gasteiger charge is -2.17. The average molecular weight is 309 g/mol. The second-order valence-corrected chi connectivity index (χ2v) is 5.28. The number of halogens is 3. The minimum absolute atomic E-state index is 0.174. The molecule has 0 amide bonds. The van der Waals surface area contributed by atoms with Crippen molar-refractivity contribution in [2.45, 2.75) is 57.2 Å². The fourth-order valence-corrected chi connectivity index (χ4v) is 2.35. The number of alkyl halides is 3. The molecule has 0 unspecified atom stereocenters. The van der Waals surface area contributed by atoms with Crippen molar-refractivity contribution in [3.8, 4) is 0 Å². The van der Waals surface area contributed by atoms with Gasteiger partial charge in [0.1, 0.15) is 0 Å². The molecule has 7 heteroatoms. The topological polar surface area (TPSA) is 45.7 Å². The molecule has 124 valence electrons. The Morgan fingerprint density at radius 2 is 1.71 bits per heavy atom. The number of guanidine groups is 1. The summed E-state index contributed by atoms with van der Waals surface area (Å²) < 4.78 is 41.9. The molecule has 4 nitrogen and oxygen atoms in total. The van der Waals surface area contributed by atoms with Gasteiger partial charge >= 0.3 is 6.18 Å². The van der Waals surface area contributed by atoms with E-state index < -0.39 is 12.6 Å². The van der Waals surface area contributed by atoms with Crippen LogP contribution in [-0.4, -0.2) is 45.0 Å². The van der Waals surface area contributed by atoms with Gasteiger partial charge in [0.05, 0.1) is 19.1 Å². The summed E-state index contributed by atoms with van der Waals surface area (Å²) in [7, 11) is 1.54. The lowest BCUT2D eigenvalue weighted by atomic mass is 10.1. The van der Waals surface area contributed by atoms with Crippen molar-refractivity contribution in [3.63, 3.8) is 0 Å². The van der Waals surface area contributed by atoms with E-state index in [1.165, 1.54) is 32.7 Å². The molecule has 0 aliphatic heterocycles. The highest BCUT2D eigenvalue weighted by molar-refractivity contribution is 5.79. The van der Waals surface area contributed by atoms with Gasteiger partial charge < -0.3 is 15.4 Å². The molecule has 0 aromatic heterocycles. The fraction of sp³-hybridized carbons (Fsp3) is 0.929. The third-order valence-corrected chi connectivity index (χ3v) is 3.47. The number of nitrogens with one attached hydrogen (secondary N) is 2. The first-order valence-corrected chi connectivity index (χ1v) is 7.64. The first-order valence-electron chi connectivity index (χ1n) is 7.64. The zero-order chi connectivity index (χ0) is 15.6. The van der Waals surface area contributed by atoms with E-state index in [1.807, 2.05) is 0 Å². The Hall–Kier alpha value is -0.980. The molecule has 1 saturated carbocycles. The number of hydrogen-bond acceptors (Lipinski definition) is 2. The minimum atomic E-state index is -4.14. The van der Waals surface area contributed by atoms with E-state index in [0.29, 0.717) is 25.2 Å².